The molecule has 4 rings (SSSR count). The van der Waals surface area contributed by atoms with Crippen molar-refractivity contribution in [1.82, 2.24) is 9.78 Å². The van der Waals surface area contributed by atoms with Crippen molar-refractivity contribution in [2.24, 2.45) is 0 Å². The molecule has 0 bridgehead atoms. The Kier molecular flexibility index (Phi) is 5.81. The zero-order valence-electron chi connectivity index (χ0n) is 18.4. The number of amides is 1. The number of sulfone groups is 1. The Morgan fingerprint density at radius 3 is 2.44 bits per heavy atom. The Hall–Kier alpha value is -3.13. The number of carbonyl (C=O) groups excluding carboxylic acids is 1. The first-order chi connectivity index (χ1) is 15.1. The molecule has 8 heteroatoms. The van der Waals surface area contributed by atoms with Gasteiger partial charge in [0.05, 0.1) is 23.2 Å². The molecule has 1 aliphatic rings. The minimum absolute atomic E-state index is 0.0293. The van der Waals surface area contributed by atoms with Crippen LogP contribution in [0.2, 0.25) is 0 Å². The maximum absolute atomic E-state index is 13.0. The number of hydrogen-bond donors (Lipinski definition) is 1. The average molecular weight is 454 g/mol. The topological polar surface area (TPSA) is 90.3 Å². The van der Waals surface area contributed by atoms with E-state index >= 15 is 0 Å². The molecular weight excluding hydrogens is 426 g/mol. The first-order valence-corrected chi connectivity index (χ1v) is 12.4. The van der Waals surface area contributed by atoms with Crippen molar-refractivity contribution in [2.75, 3.05) is 16.8 Å². The van der Waals surface area contributed by atoms with Crippen molar-refractivity contribution in [3.63, 3.8) is 0 Å². The SMILES string of the molecule is CC(C)(C)c1cc(NC(=O)c2cccc(Oc3ccccc3)c2)n(C2CCS(=O)(=O)C2)n1. The second-order valence-corrected chi connectivity index (χ2v) is 11.3. The Morgan fingerprint density at radius 2 is 1.78 bits per heavy atom. The molecule has 2 heterocycles. The summed E-state index contributed by atoms with van der Waals surface area (Å²) in [5.74, 6) is 1.58. The van der Waals surface area contributed by atoms with Gasteiger partial charge in [-0.05, 0) is 36.8 Å². The van der Waals surface area contributed by atoms with E-state index in [9.17, 15) is 13.2 Å². The number of carbonyl (C=O) groups is 1. The predicted octanol–water partition coefficient (Wildman–Crippen LogP) is 4.58. The molecule has 168 valence electrons. The van der Waals surface area contributed by atoms with Gasteiger partial charge >= 0.3 is 0 Å². The van der Waals surface area contributed by atoms with Crippen LogP contribution in [0.1, 0.15) is 49.3 Å². The van der Waals surface area contributed by atoms with Gasteiger partial charge in [0, 0.05) is 17.0 Å². The summed E-state index contributed by atoms with van der Waals surface area (Å²) in [4.78, 5) is 13.0. The van der Waals surface area contributed by atoms with Crippen LogP contribution >= 0.6 is 0 Å². The molecule has 7 nitrogen and oxygen atoms in total. The summed E-state index contributed by atoms with van der Waals surface area (Å²) in [6.07, 6.45) is 0.483. The van der Waals surface area contributed by atoms with Gasteiger partial charge in [0.2, 0.25) is 0 Å². The number of rotatable bonds is 5. The molecule has 1 aromatic heterocycles. The van der Waals surface area contributed by atoms with Crippen LogP contribution in [-0.4, -0.2) is 35.6 Å². The number of anilines is 1. The lowest BCUT2D eigenvalue weighted by molar-refractivity contribution is 0.102. The van der Waals surface area contributed by atoms with Gasteiger partial charge in [-0.15, -0.1) is 0 Å². The number of hydrogen-bond acceptors (Lipinski definition) is 5. The molecule has 0 aliphatic carbocycles. The van der Waals surface area contributed by atoms with Gasteiger partial charge in [0.15, 0.2) is 9.84 Å². The number of benzene rings is 2. The van der Waals surface area contributed by atoms with Crippen molar-refractivity contribution in [1.29, 1.82) is 0 Å². The quantitative estimate of drug-likeness (QED) is 0.610. The van der Waals surface area contributed by atoms with Crippen LogP contribution in [0.3, 0.4) is 0 Å². The fourth-order valence-corrected chi connectivity index (χ4v) is 5.31. The third kappa shape index (κ3) is 5.02. The van der Waals surface area contributed by atoms with Crippen LogP contribution < -0.4 is 10.1 Å². The van der Waals surface area contributed by atoms with Gasteiger partial charge in [0.25, 0.3) is 5.91 Å². The van der Waals surface area contributed by atoms with E-state index in [0.717, 1.165) is 5.69 Å². The normalized spacial score (nSPS) is 17.8. The van der Waals surface area contributed by atoms with Crippen LogP contribution in [0, 0.1) is 0 Å². The van der Waals surface area contributed by atoms with E-state index < -0.39 is 9.84 Å². The highest BCUT2D eigenvalue weighted by Crippen LogP contribution is 2.31. The highest BCUT2D eigenvalue weighted by atomic mass is 32.2. The van der Waals surface area contributed by atoms with Crippen molar-refractivity contribution < 1.29 is 17.9 Å². The molecule has 1 N–H and O–H groups in total. The maximum Gasteiger partial charge on any atom is 0.256 e. The van der Waals surface area contributed by atoms with Crippen LogP contribution in [0.5, 0.6) is 11.5 Å². The van der Waals surface area contributed by atoms with Crippen molar-refractivity contribution in [3.8, 4) is 11.5 Å². The maximum atomic E-state index is 13.0. The largest absolute Gasteiger partial charge is 0.457 e. The summed E-state index contributed by atoms with van der Waals surface area (Å²) in [7, 11) is -3.09. The van der Waals surface area contributed by atoms with Gasteiger partial charge in [-0.1, -0.05) is 45.0 Å². The first kappa shape index (κ1) is 22.1. The Labute approximate surface area is 188 Å². The molecule has 0 spiro atoms. The van der Waals surface area contributed by atoms with Crippen molar-refractivity contribution in [3.05, 3.63) is 71.9 Å². The molecule has 0 radical (unpaired) electrons. The second-order valence-electron chi connectivity index (χ2n) is 9.06. The number of nitrogens with zero attached hydrogens (tertiary/aromatic N) is 2. The number of aromatic nitrogens is 2. The van der Waals surface area contributed by atoms with Crippen LogP contribution in [-0.2, 0) is 15.3 Å². The lowest BCUT2D eigenvalue weighted by Crippen LogP contribution is -2.20. The molecule has 1 unspecified atom stereocenters. The first-order valence-electron chi connectivity index (χ1n) is 10.6. The van der Waals surface area contributed by atoms with Gasteiger partial charge in [0.1, 0.15) is 17.3 Å². The van der Waals surface area contributed by atoms with E-state index in [1.165, 1.54) is 0 Å². The standard InChI is InChI=1S/C24H27N3O4S/c1-24(2,3)21-15-22(27(26-21)18-12-13-32(29,30)16-18)25-23(28)17-8-7-11-20(14-17)31-19-9-5-4-6-10-19/h4-11,14-15,18H,12-13,16H2,1-3H3,(H,25,28). The average Bonchev–Trinajstić information content (AvgIpc) is 3.32. The summed E-state index contributed by atoms with van der Waals surface area (Å²) < 4.78 is 31.5. The molecule has 0 saturated carbocycles. The molecule has 1 fully saturated rings. The van der Waals surface area contributed by atoms with Gasteiger partial charge in [-0.2, -0.15) is 5.10 Å². The summed E-state index contributed by atoms with van der Waals surface area (Å²) in [6.45, 7) is 6.09. The molecule has 1 saturated heterocycles. The van der Waals surface area contributed by atoms with Crippen LogP contribution in [0.15, 0.2) is 60.7 Å². The number of para-hydroxylation sites is 1. The number of nitrogens with one attached hydrogen (secondary N) is 1. The van der Waals surface area contributed by atoms with Crippen molar-refractivity contribution >= 4 is 21.6 Å². The smallest absolute Gasteiger partial charge is 0.256 e. The predicted molar refractivity (Wildman–Crippen MR) is 124 cm³/mol. The van der Waals surface area contributed by atoms with E-state index in [0.29, 0.717) is 29.3 Å². The van der Waals surface area contributed by atoms with Gasteiger partial charge < -0.3 is 10.1 Å². The monoisotopic (exact) mass is 453 g/mol. The summed E-state index contributed by atoms with van der Waals surface area (Å²) in [5.41, 5.74) is 0.979. The van der Waals surface area contributed by atoms with E-state index in [2.05, 4.69) is 10.4 Å². The van der Waals surface area contributed by atoms with Crippen LogP contribution in [0.4, 0.5) is 5.82 Å². The molecule has 1 atom stereocenters. The van der Waals surface area contributed by atoms with E-state index in [1.54, 1.807) is 28.9 Å². The molecule has 2 aromatic carbocycles. The fourth-order valence-electron chi connectivity index (χ4n) is 3.61. The summed E-state index contributed by atoms with van der Waals surface area (Å²) in [5, 5.41) is 7.59. The minimum atomic E-state index is -3.09. The second kappa shape index (κ2) is 8.43. The highest BCUT2D eigenvalue weighted by Gasteiger charge is 2.33. The third-order valence-electron chi connectivity index (χ3n) is 5.38. The molecule has 3 aromatic rings. The number of ether oxygens (including phenoxy) is 1. The van der Waals surface area contributed by atoms with E-state index in [-0.39, 0.29) is 28.9 Å². The Bertz CT molecular complexity index is 1230. The van der Waals surface area contributed by atoms with Crippen molar-refractivity contribution in [2.45, 2.75) is 38.6 Å². The van der Waals surface area contributed by atoms with E-state index in [4.69, 9.17) is 4.74 Å². The van der Waals surface area contributed by atoms with E-state index in [1.807, 2.05) is 57.2 Å². The molecular formula is C24H27N3O4S. The zero-order chi connectivity index (χ0) is 22.9. The van der Waals surface area contributed by atoms with Crippen LogP contribution in [0.25, 0.3) is 0 Å². The molecule has 32 heavy (non-hydrogen) atoms. The Morgan fingerprint density at radius 1 is 1.06 bits per heavy atom. The van der Waals surface area contributed by atoms with Gasteiger partial charge in [-0.3, -0.25) is 4.79 Å². The molecule has 1 amide bonds. The highest BCUT2D eigenvalue weighted by molar-refractivity contribution is 7.91. The zero-order valence-corrected chi connectivity index (χ0v) is 19.2. The lowest BCUT2D eigenvalue weighted by atomic mass is 9.92. The third-order valence-corrected chi connectivity index (χ3v) is 7.13. The minimum Gasteiger partial charge on any atom is -0.457 e. The summed E-state index contributed by atoms with van der Waals surface area (Å²) in [6, 6.07) is 17.8. The lowest BCUT2D eigenvalue weighted by Gasteiger charge is -2.15. The summed E-state index contributed by atoms with van der Waals surface area (Å²) >= 11 is 0. The molecule has 1 aliphatic heterocycles. The Balaban J connectivity index is 1.59. The fraction of sp³-hybridized carbons (Fsp3) is 0.333. The van der Waals surface area contributed by atoms with Gasteiger partial charge in [-0.25, -0.2) is 13.1 Å².